The van der Waals surface area contributed by atoms with Gasteiger partial charge in [-0.25, -0.2) is 13.6 Å². The predicted molar refractivity (Wildman–Crippen MR) is 167 cm³/mol. The van der Waals surface area contributed by atoms with Crippen LogP contribution in [0.15, 0.2) is 46.0 Å². The van der Waals surface area contributed by atoms with Crippen LogP contribution in [0.3, 0.4) is 0 Å². The third-order valence-corrected chi connectivity index (χ3v) is 8.59. The highest BCUT2D eigenvalue weighted by molar-refractivity contribution is 5.80. The largest absolute Gasteiger partial charge is 0.487 e. The molecule has 2 heterocycles. The molecule has 0 bridgehead atoms. The van der Waals surface area contributed by atoms with Crippen LogP contribution < -0.4 is 25.5 Å². The molecule has 0 atom stereocenters. The second-order valence-corrected chi connectivity index (χ2v) is 12.0. The lowest BCUT2D eigenvalue weighted by Crippen LogP contribution is -2.44. The van der Waals surface area contributed by atoms with Gasteiger partial charge in [-0.05, 0) is 74.4 Å². The van der Waals surface area contributed by atoms with Gasteiger partial charge in [0.15, 0.2) is 24.2 Å². The topological polar surface area (TPSA) is 112 Å². The Bertz CT molecular complexity index is 1660. The van der Waals surface area contributed by atoms with Crippen LogP contribution in [0.4, 0.5) is 8.78 Å². The molecule has 5 rings (SSSR count). The molecule has 0 spiro atoms. The first-order valence-corrected chi connectivity index (χ1v) is 15.6. The summed E-state index contributed by atoms with van der Waals surface area (Å²) in [6, 6.07) is 9.30. The van der Waals surface area contributed by atoms with Crippen LogP contribution >= 0.6 is 0 Å². The van der Waals surface area contributed by atoms with E-state index in [-0.39, 0.29) is 42.3 Å². The zero-order valence-electron chi connectivity index (χ0n) is 26.2. The van der Waals surface area contributed by atoms with E-state index in [1.807, 2.05) is 0 Å². The third-order valence-electron chi connectivity index (χ3n) is 8.59. The van der Waals surface area contributed by atoms with E-state index >= 15 is 0 Å². The minimum absolute atomic E-state index is 0.0319. The van der Waals surface area contributed by atoms with E-state index in [0.29, 0.717) is 48.5 Å². The number of carbonyl (C=O) groups is 2. The summed E-state index contributed by atoms with van der Waals surface area (Å²) in [5, 5.41) is 0.153. The van der Waals surface area contributed by atoms with E-state index in [1.54, 1.807) is 47.8 Å². The van der Waals surface area contributed by atoms with Crippen molar-refractivity contribution in [2.45, 2.75) is 63.3 Å². The van der Waals surface area contributed by atoms with Crippen molar-refractivity contribution in [3.63, 3.8) is 0 Å². The average Bonchev–Trinajstić information content (AvgIpc) is 3.59. The summed E-state index contributed by atoms with van der Waals surface area (Å²) in [4.78, 5) is 54.7. The molecule has 0 N–H and O–H groups in total. The normalized spacial score (nSPS) is 15.8. The Hall–Kier alpha value is -4.42. The first-order chi connectivity index (χ1) is 22.2. The van der Waals surface area contributed by atoms with Gasteiger partial charge < -0.3 is 24.0 Å². The Labute approximate surface area is 265 Å². The lowest BCUT2D eigenvalue weighted by atomic mass is 10.0. The number of ether oxygens (including phenoxy) is 3. The molecule has 2 amide bonds. The van der Waals surface area contributed by atoms with Crippen LogP contribution in [-0.4, -0.2) is 90.6 Å². The highest BCUT2D eigenvalue weighted by Gasteiger charge is 2.26. The zero-order valence-corrected chi connectivity index (χ0v) is 26.2. The van der Waals surface area contributed by atoms with Gasteiger partial charge in [0, 0.05) is 33.2 Å². The molecule has 1 aliphatic heterocycles. The van der Waals surface area contributed by atoms with Crippen molar-refractivity contribution in [3.8, 4) is 17.2 Å². The summed E-state index contributed by atoms with van der Waals surface area (Å²) in [7, 11) is 3.26. The van der Waals surface area contributed by atoms with E-state index in [1.165, 1.54) is 17.0 Å². The quantitative estimate of drug-likeness (QED) is 0.263. The van der Waals surface area contributed by atoms with Gasteiger partial charge in [-0.2, -0.15) is 0 Å². The van der Waals surface area contributed by atoms with Crippen LogP contribution in [0.1, 0.15) is 50.1 Å². The molecule has 248 valence electrons. The number of piperidine rings is 1. The van der Waals surface area contributed by atoms with Crippen molar-refractivity contribution in [2.24, 2.45) is 0 Å². The maximum absolute atomic E-state index is 14.1. The molecule has 13 heteroatoms. The number of likely N-dealkylation sites (tertiary alicyclic amines) is 1. The minimum Gasteiger partial charge on any atom is -0.487 e. The summed E-state index contributed by atoms with van der Waals surface area (Å²) in [5.74, 6) is 0.665. The number of halogens is 2. The first-order valence-electron chi connectivity index (χ1n) is 15.6. The number of fused-ring (bicyclic) bond motifs is 1. The van der Waals surface area contributed by atoms with Crippen molar-refractivity contribution in [3.05, 3.63) is 62.8 Å². The molecule has 1 saturated heterocycles. The summed E-state index contributed by atoms with van der Waals surface area (Å²) in [6.07, 6.45) is 4.46. The van der Waals surface area contributed by atoms with Gasteiger partial charge in [-0.3, -0.25) is 23.5 Å². The first kappa shape index (κ1) is 33.0. The molecular formula is C33H40F2N4O7. The number of likely N-dealkylation sites (N-methyl/N-ethyl adjacent to an activating group) is 1. The van der Waals surface area contributed by atoms with Crippen molar-refractivity contribution in [1.82, 2.24) is 18.9 Å². The second-order valence-electron chi connectivity index (χ2n) is 12.0. The second kappa shape index (κ2) is 14.8. The molecule has 46 heavy (non-hydrogen) atoms. The Morgan fingerprint density at radius 1 is 1.00 bits per heavy atom. The van der Waals surface area contributed by atoms with Crippen LogP contribution in [0.5, 0.6) is 17.2 Å². The number of hydrogen-bond donors (Lipinski definition) is 0. The number of hydrogen-bond acceptors (Lipinski definition) is 7. The van der Waals surface area contributed by atoms with Gasteiger partial charge >= 0.3 is 5.69 Å². The van der Waals surface area contributed by atoms with E-state index < -0.39 is 30.7 Å². The SMILES string of the molecule is CN(C)C(=O)COc1cc(Cn2c(=O)c3cc(OC(CF)CF)ccc3n(C3CCN(C=O)CC3)c2=O)ccc1OC1CCCC1. The average molecular weight is 643 g/mol. The van der Waals surface area contributed by atoms with Crippen molar-refractivity contribution >= 4 is 23.2 Å². The number of rotatable bonds is 13. The number of benzene rings is 2. The third kappa shape index (κ3) is 7.34. The number of amides is 2. The smallest absolute Gasteiger partial charge is 0.332 e. The highest BCUT2D eigenvalue weighted by atomic mass is 19.1. The van der Waals surface area contributed by atoms with Gasteiger partial charge in [-0.15, -0.1) is 0 Å². The highest BCUT2D eigenvalue weighted by Crippen LogP contribution is 2.33. The van der Waals surface area contributed by atoms with Crippen LogP contribution in [0, 0.1) is 0 Å². The molecule has 1 aliphatic carbocycles. The predicted octanol–water partition coefficient (Wildman–Crippen LogP) is 3.48. The van der Waals surface area contributed by atoms with Crippen molar-refractivity contribution < 1.29 is 32.6 Å². The van der Waals surface area contributed by atoms with Crippen molar-refractivity contribution in [1.29, 1.82) is 0 Å². The van der Waals surface area contributed by atoms with E-state index in [2.05, 4.69) is 0 Å². The van der Waals surface area contributed by atoms with E-state index in [9.17, 15) is 28.0 Å². The molecular weight excluding hydrogens is 602 g/mol. The fourth-order valence-electron chi connectivity index (χ4n) is 5.97. The molecule has 0 radical (unpaired) electrons. The van der Waals surface area contributed by atoms with Gasteiger partial charge in [0.25, 0.3) is 11.5 Å². The minimum atomic E-state index is -1.32. The summed E-state index contributed by atoms with van der Waals surface area (Å²) in [5.41, 5.74) is -0.195. The van der Waals surface area contributed by atoms with Crippen LogP contribution in [-0.2, 0) is 16.1 Å². The van der Waals surface area contributed by atoms with E-state index in [4.69, 9.17) is 14.2 Å². The number of aromatic nitrogens is 2. The standard InChI is InChI=1S/C33H40F2N4O7/c1-36(2)31(41)20-44-30-15-22(7-10-29(30)46-24-5-3-4-6-24)19-38-32(42)27-16-25(45-26(17-34)18-35)8-9-28(27)39(33(38)43)23-11-13-37(21-40)14-12-23/h7-10,15-16,21,23-24,26H,3-6,11-14,17-20H2,1-2H3. The summed E-state index contributed by atoms with van der Waals surface area (Å²) >= 11 is 0. The van der Waals surface area contributed by atoms with Crippen LogP contribution in [0.25, 0.3) is 10.9 Å². The maximum Gasteiger partial charge on any atom is 0.332 e. The van der Waals surface area contributed by atoms with Gasteiger partial charge in [0.05, 0.1) is 23.6 Å². The Kier molecular flexibility index (Phi) is 10.6. The Balaban J connectivity index is 1.56. The summed E-state index contributed by atoms with van der Waals surface area (Å²) in [6.45, 7) is -1.53. The fraction of sp³-hybridized carbons (Fsp3) is 0.515. The number of alkyl halides is 2. The van der Waals surface area contributed by atoms with Gasteiger partial charge in [0.2, 0.25) is 6.41 Å². The lowest BCUT2D eigenvalue weighted by Gasteiger charge is -2.31. The maximum atomic E-state index is 14.1. The zero-order chi connectivity index (χ0) is 32.8. The van der Waals surface area contributed by atoms with Crippen molar-refractivity contribution in [2.75, 3.05) is 47.1 Å². The Morgan fingerprint density at radius 3 is 2.37 bits per heavy atom. The molecule has 1 saturated carbocycles. The molecule has 0 unspecified atom stereocenters. The fourth-order valence-corrected chi connectivity index (χ4v) is 5.97. The molecule has 2 aromatic carbocycles. The lowest BCUT2D eigenvalue weighted by molar-refractivity contribution is -0.130. The summed E-state index contributed by atoms with van der Waals surface area (Å²) < 4.78 is 46.7. The van der Waals surface area contributed by atoms with Gasteiger partial charge in [0.1, 0.15) is 19.1 Å². The van der Waals surface area contributed by atoms with E-state index in [0.717, 1.165) is 36.7 Å². The molecule has 2 fully saturated rings. The number of carbonyl (C=O) groups excluding carboxylic acids is 2. The van der Waals surface area contributed by atoms with Crippen LogP contribution in [0.2, 0.25) is 0 Å². The monoisotopic (exact) mass is 642 g/mol. The van der Waals surface area contributed by atoms with Gasteiger partial charge in [-0.1, -0.05) is 6.07 Å². The molecule has 3 aromatic rings. The molecule has 11 nitrogen and oxygen atoms in total. The molecule has 2 aliphatic rings. The Morgan fingerprint density at radius 2 is 1.72 bits per heavy atom. The molecule has 1 aromatic heterocycles. The number of nitrogens with zero attached hydrogens (tertiary/aromatic N) is 4.